The minimum atomic E-state index is -1.66. The lowest BCUT2D eigenvalue weighted by Crippen LogP contribution is -2.35. The Morgan fingerprint density at radius 3 is 0.812 bits per heavy atom. The van der Waals surface area contributed by atoms with Crippen molar-refractivity contribution in [2.45, 2.75) is 161 Å². The van der Waals surface area contributed by atoms with E-state index in [1.807, 2.05) is 0 Å². The molecule has 4 fully saturated rings. The van der Waals surface area contributed by atoms with Crippen LogP contribution in [0.15, 0.2) is 410 Å². The third-order valence-corrected chi connectivity index (χ3v) is 35.4. The van der Waals surface area contributed by atoms with Gasteiger partial charge in [-0.25, -0.2) is 0 Å². The van der Waals surface area contributed by atoms with E-state index < -0.39 is 33.0 Å². The van der Waals surface area contributed by atoms with Crippen LogP contribution in [-0.2, 0) is 0 Å². The van der Waals surface area contributed by atoms with E-state index in [2.05, 4.69) is 405 Å². The predicted octanol–water partition coefficient (Wildman–Crippen LogP) is 39.5. The normalized spacial score (nSPS) is 19.4. The van der Waals surface area contributed by atoms with E-state index in [4.69, 9.17) is 51.7 Å². The summed E-state index contributed by atoms with van der Waals surface area (Å²) >= 11 is 0. The van der Waals surface area contributed by atoms with E-state index >= 15 is 0 Å². The van der Waals surface area contributed by atoms with Crippen molar-refractivity contribution in [3.05, 3.63) is 387 Å². The van der Waals surface area contributed by atoms with Crippen molar-refractivity contribution in [3.63, 3.8) is 0 Å². The molecular formula is C128H116O12P4. The molecule has 23 aromatic rings. The Balaban J connectivity index is 0.000000104. The third-order valence-electron chi connectivity index (χ3n) is 30.9. The average molecular weight is 1970 g/mol. The summed E-state index contributed by atoms with van der Waals surface area (Å²) in [6.45, 7) is 15.6. The third kappa shape index (κ3) is 18.7. The molecule has 4 aromatic heterocycles. The first kappa shape index (κ1) is 93.1. The number of fused-ring (bicyclic) bond motifs is 29. The zero-order chi connectivity index (χ0) is 96.8. The van der Waals surface area contributed by atoms with Gasteiger partial charge >= 0.3 is 33.0 Å². The molecule has 0 aliphatic heterocycles. The van der Waals surface area contributed by atoms with Crippen LogP contribution in [0.25, 0.3) is 185 Å². The van der Waals surface area contributed by atoms with Crippen LogP contribution < -0.4 is 18.1 Å². The highest BCUT2D eigenvalue weighted by Gasteiger charge is 2.37. The summed E-state index contributed by atoms with van der Waals surface area (Å²) in [7, 11) is -6.47. The van der Waals surface area contributed by atoms with Crippen molar-refractivity contribution >= 4 is 218 Å². The molecule has 16 heteroatoms. The predicted molar refractivity (Wildman–Crippen MR) is 602 cm³/mol. The minimum absolute atomic E-state index is 0.0342. The Kier molecular flexibility index (Phi) is 26.5. The first-order valence-corrected chi connectivity index (χ1v) is 55.9. The Bertz CT molecular complexity index is 8600. The SMILES string of the molecule is C=C(C)[C@@H]1CC[C@@H](C)C[C@H]1Op1oc2ccc3ccccc3c2c2c(ccc3ccccc32)o1.CC(C)[C@@H]1CC[C@@H](C)C[C@H]1Op1oc2ccc3ccccc3c2c2c(ccc3ccccc32)o1.c1ccc([C@@H]2CCCC[C@H]2Op2oc3ccc4ccccc4c3c3c(ccc4ccccc43)o2)cc1.c1ccc2cc([C@@H]3CCCC[C@H]3Op3oc4ccc5ccccc5c4c4c(ccc5ccccc54)o3)ccc2c1. The Labute approximate surface area is 841 Å². The van der Waals surface area contributed by atoms with Gasteiger partial charge in [0.2, 0.25) is 0 Å². The van der Waals surface area contributed by atoms with Crippen LogP contribution in [0.2, 0.25) is 0 Å². The molecule has 0 spiro atoms. The maximum Gasteiger partial charge on any atom is 0.387 e. The highest BCUT2D eigenvalue weighted by molar-refractivity contribution is 7.32. The van der Waals surface area contributed by atoms with Crippen LogP contribution in [0.3, 0.4) is 0 Å². The second kappa shape index (κ2) is 41.1. The molecule has 4 heterocycles. The summed E-state index contributed by atoms with van der Waals surface area (Å²) < 4.78 is 79.8. The van der Waals surface area contributed by atoms with Gasteiger partial charge in [-0.05, 0) is 245 Å². The van der Waals surface area contributed by atoms with Crippen LogP contribution in [-0.4, -0.2) is 24.4 Å². The van der Waals surface area contributed by atoms with Crippen molar-refractivity contribution in [3.8, 4) is 0 Å². The van der Waals surface area contributed by atoms with Crippen molar-refractivity contribution in [2.75, 3.05) is 0 Å². The molecular weight excluding hydrogens is 1850 g/mol. The van der Waals surface area contributed by atoms with Crippen molar-refractivity contribution in [1.29, 1.82) is 0 Å². The van der Waals surface area contributed by atoms with Gasteiger partial charge in [0.1, 0.15) is 44.7 Å². The first-order chi connectivity index (χ1) is 70.8. The highest BCUT2D eigenvalue weighted by atomic mass is 31.1. The van der Waals surface area contributed by atoms with Crippen LogP contribution in [0, 0.1) is 29.6 Å². The van der Waals surface area contributed by atoms with Gasteiger partial charge in [0.15, 0.2) is 0 Å². The largest absolute Gasteiger partial charge is 0.399 e. The number of rotatable bonds is 12. The fourth-order valence-electron chi connectivity index (χ4n) is 23.6. The standard InChI is InChI=1S/C36H29O3P.C32H27O3P.C30H31O3P.C30H29O3P/c1-2-12-27-23-28(18-17-24(27)9-1)29-13-7-8-16-32(29)37-40-38-33-21-19-25-10-3-5-14-30(25)35(33)36-31-15-6-4-11-26(31)20-22-34(36)39-40;1-2-10-22(11-3-1)25-14-8-9-17-28(25)33-36-34-29-20-18-23-12-4-6-15-26(23)31(29)32-27-16-7-5-13-24(27)19-21-30(32)35-36;2*1-19(2)23-15-12-20(3)18-28(23)33-34-31-26-16-13-21-8-4-6-10-24(21)29(26)30-25-11-7-5-9-22(25)14-17-27(30)32-34/h1-6,9-12,14-15,17-23,29,32H,7-8,13,16H2;1-7,10-13,15-16,18-21,25,28H,8-9,14,17H2;4-11,13-14,16-17,19-20,23,28H,12,15,18H2,1-3H3;4-11,13-14,16-17,20,23,28H,1,12,15,18H2,2-3H3/t29-,32+;25-,28+;2*20-,23+,28-/m0011/s1. The van der Waals surface area contributed by atoms with Crippen LogP contribution in [0.5, 0.6) is 0 Å². The summed E-state index contributed by atoms with van der Waals surface area (Å²) in [6.07, 6.45) is 16.1. The Morgan fingerprint density at radius 2 is 0.500 bits per heavy atom. The molecule has 0 saturated heterocycles. The molecule has 720 valence electrons. The van der Waals surface area contributed by atoms with Gasteiger partial charge in [-0.15, -0.1) is 0 Å². The molecule has 0 amide bonds. The van der Waals surface area contributed by atoms with Gasteiger partial charge in [-0.3, -0.25) is 18.1 Å². The Morgan fingerprint density at radius 1 is 0.250 bits per heavy atom. The monoisotopic (exact) mass is 1970 g/mol. The van der Waals surface area contributed by atoms with Crippen LogP contribution in [0.1, 0.15) is 147 Å². The molecule has 19 aromatic carbocycles. The summed E-state index contributed by atoms with van der Waals surface area (Å²) in [4.78, 5) is 0. The summed E-state index contributed by atoms with van der Waals surface area (Å²) in [6, 6.07) is 128. The molecule has 27 rings (SSSR count). The quantitative estimate of drug-likeness (QED) is 0.107. The molecule has 0 bridgehead atoms. The zero-order valence-electron chi connectivity index (χ0n) is 81.8. The van der Waals surface area contributed by atoms with Crippen LogP contribution in [0.4, 0.5) is 0 Å². The van der Waals surface area contributed by atoms with E-state index in [9.17, 15) is 0 Å². The van der Waals surface area contributed by atoms with Crippen molar-refractivity contribution in [2.24, 2.45) is 29.6 Å². The number of hydrogen-bond acceptors (Lipinski definition) is 12. The van der Waals surface area contributed by atoms with Gasteiger partial charge in [0.05, 0.1) is 24.4 Å². The zero-order valence-corrected chi connectivity index (χ0v) is 85.4. The van der Waals surface area contributed by atoms with Gasteiger partial charge < -0.3 is 33.6 Å². The average Bonchev–Trinajstić information content (AvgIpc) is 1.51. The van der Waals surface area contributed by atoms with E-state index in [-0.39, 0.29) is 24.4 Å². The molecule has 12 nitrogen and oxygen atoms in total. The summed E-state index contributed by atoms with van der Waals surface area (Å²) in [5, 5.41) is 30.0. The van der Waals surface area contributed by atoms with Crippen molar-refractivity contribution in [1.82, 2.24) is 0 Å². The van der Waals surface area contributed by atoms with Crippen LogP contribution >= 0.6 is 33.0 Å². The molecule has 4 aliphatic carbocycles. The van der Waals surface area contributed by atoms with Gasteiger partial charge in [-0.2, -0.15) is 0 Å². The molecule has 144 heavy (non-hydrogen) atoms. The number of benzene rings is 19. The van der Waals surface area contributed by atoms with E-state index in [1.54, 1.807) is 0 Å². The molecule has 4 saturated carbocycles. The van der Waals surface area contributed by atoms with E-state index in [0.29, 0.717) is 41.4 Å². The van der Waals surface area contributed by atoms with Crippen molar-refractivity contribution < 1.29 is 51.7 Å². The van der Waals surface area contributed by atoms with Gasteiger partial charge in [-0.1, -0.05) is 387 Å². The topological polar surface area (TPSA) is 142 Å². The summed E-state index contributed by atoms with van der Waals surface area (Å²) in [5.41, 5.74) is 10.4. The molecule has 4 aliphatic rings. The van der Waals surface area contributed by atoms with Gasteiger partial charge in [0, 0.05) is 60.8 Å². The fourth-order valence-corrected chi connectivity index (χ4v) is 28.5. The second-order valence-electron chi connectivity index (χ2n) is 40.5. The lowest BCUT2D eigenvalue weighted by Gasteiger charge is -2.35. The van der Waals surface area contributed by atoms with E-state index in [0.717, 1.165) is 171 Å². The maximum atomic E-state index is 6.85. The molecule has 0 radical (unpaired) electrons. The minimum Gasteiger partial charge on any atom is -0.399 e. The smallest absolute Gasteiger partial charge is 0.387 e. The second-order valence-corrected chi connectivity index (χ2v) is 44.6. The Hall–Kier alpha value is -13.3. The highest BCUT2D eigenvalue weighted by Crippen LogP contribution is 2.51. The first-order valence-electron chi connectivity index (χ1n) is 51.5. The lowest BCUT2D eigenvalue weighted by molar-refractivity contribution is 0.0746. The van der Waals surface area contributed by atoms with E-state index in [1.165, 1.54) is 120 Å². The fraction of sp³-hybridized carbons (Fsp3) is 0.234. The molecule has 10 atom stereocenters. The summed E-state index contributed by atoms with van der Waals surface area (Å²) in [5.74, 6) is 3.38. The molecule has 0 unspecified atom stereocenters. The lowest BCUT2D eigenvalue weighted by atomic mass is 9.75. The molecule has 0 N–H and O–H groups in total. The van der Waals surface area contributed by atoms with Gasteiger partial charge in [0.25, 0.3) is 0 Å². The maximum absolute atomic E-state index is 6.85. The number of hydrogen-bond donors (Lipinski definition) is 0.